The fraction of sp³-hybridized carbons (Fsp3) is 0.487. The molecule has 0 aromatic heterocycles. The summed E-state index contributed by atoms with van der Waals surface area (Å²) in [5.41, 5.74) is -4.31. The number of anilines is 1. The second-order valence-corrected chi connectivity index (χ2v) is 14.9. The quantitative estimate of drug-likeness (QED) is 0.124. The van der Waals surface area contributed by atoms with Gasteiger partial charge >= 0.3 is 11.9 Å². The number of aliphatic hydroxyl groups is 5. The number of amides is 1. The Labute approximate surface area is 311 Å². The van der Waals surface area contributed by atoms with Crippen LogP contribution < -0.4 is 10.1 Å². The van der Waals surface area contributed by atoms with Gasteiger partial charge in [0.15, 0.2) is 11.5 Å². The van der Waals surface area contributed by atoms with E-state index >= 15 is 0 Å². The van der Waals surface area contributed by atoms with E-state index in [1.165, 1.54) is 79.7 Å². The van der Waals surface area contributed by atoms with E-state index in [4.69, 9.17) is 18.9 Å². The van der Waals surface area contributed by atoms with Crippen molar-refractivity contribution in [3.05, 3.63) is 69.2 Å². The van der Waals surface area contributed by atoms with Gasteiger partial charge in [-0.05, 0) is 59.3 Å². The van der Waals surface area contributed by atoms with Crippen LogP contribution in [0, 0.1) is 24.7 Å². The maximum Gasteiger partial charge on any atom is 0.314 e. The average molecular weight is 754 g/mol. The lowest BCUT2D eigenvalue weighted by atomic mass is 9.73. The number of ether oxygens (including phenoxy) is 4. The van der Waals surface area contributed by atoms with E-state index in [0.717, 1.165) is 6.92 Å². The maximum atomic E-state index is 13.9. The molecule has 292 valence electrons. The normalized spacial score (nSPS) is 33.4. The number of benzene rings is 1. The van der Waals surface area contributed by atoms with Crippen LogP contribution in [-0.2, 0) is 28.6 Å². The lowest BCUT2D eigenvalue weighted by Crippen LogP contribution is -2.60. The van der Waals surface area contributed by atoms with Crippen LogP contribution in [0.15, 0.2) is 52.5 Å². The summed E-state index contributed by atoms with van der Waals surface area (Å²) >= 11 is 0. The number of allylic oxidation sites excluding steroid dienone is 5. The van der Waals surface area contributed by atoms with E-state index < -0.39 is 89.5 Å². The standard InChI is InChI=1S/C39H47NO14/c1-15-11-10-12-38(8,49)35-20(6)29(44)25(37(48)54-35)28(43)19(5)34(46)39(9,50)13-16(2)31-24-22-23(27(42)18(4)32(24)52-14-51-31)30(45)26(40-36(15)47)17(3)33(22)53-21(7)41/h10-13,19-20,25,28-29,34-35,43-46,49-50H,14H2,1-9H3,(H,40,47)/t19-,20-,25-,28+,29+,34-,35+,38+,39+/m1/s1. The number of carbonyl (C=O) groups excluding carboxylic acids is 4. The van der Waals surface area contributed by atoms with Crippen LogP contribution in [0.4, 0.5) is 5.69 Å². The van der Waals surface area contributed by atoms with E-state index in [1.807, 2.05) is 0 Å². The van der Waals surface area contributed by atoms with Crippen molar-refractivity contribution >= 4 is 34.9 Å². The molecular weight excluding hydrogens is 706 g/mol. The molecule has 7 N–H and O–H groups in total. The van der Waals surface area contributed by atoms with Crippen molar-refractivity contribution in [2.24, 2.45) is 17.8 Å². The molecule has 1 saturated heterocycles. The van der Waals surface area contributed by atoms with Crippen molar-refractivity contribution in [1.29, 1.82) is 0 Å². The Bertz CT molecular complexity index is 1960. The summed E-state index contributed by atoms with van der Waals surface area (Å²) in [6, 6.07) is 0. The van der Waals surface area contributed by atoms with E-state index in [9.17, 15) is 49.8 Å². The molecule has 1 aromatic rings. The van der Waals surface area contributed by atoms with E-state index in [-0.39, 0.29) is 61.9 Å². The van der Waals surface area contributed by atoms with E-state index in [0.29, 0.717) is 0 Å². The first-order valence-electron chi connectivity index (χ1n) is 17.4. The predicted molar refractivity (Wildman–Crippen MR) is 191 cm³/mol. The van der Waals surface area contributed by atoms with Gasteiger partial charge in [0.25, 0.3) is 5.91 Å². The first-order chi connectivity index (χ1) is 25.0. The zero-order valence-corrected chi connectivity index (χ0v) is 31.5. The van der Waals surface area contributed by atoms with Gasteiger partial charge in [0.1, 0.15) is 40.5 Å². The molecule has 0 unspecified atom stereocenters. The molecule has 0 saturated carbocycles. The van der Waals surface area contributed by atoms with Gasteiger partial charge in [-0.25, -0.2) is 0 Å². The Morgan fingerprint density at radius 2 is 1.52 bits per heavy atom. The van der Waals surface area contributed by atoms with Crippen LogP contribution >= 0.6 is 0 Å². The third-order valence-electron chi connectivity index (χ3n) is 10.7. The number of hydrogen-bond acceptors (Lipinski definition) is 14. The van der Waals surface area contributed by atoms with Crippen LogP contribution in [0.5, 0.6) is 11.5 Å². The van der Waals surface area contributed by atoms with E-state index in [2.05, 4.69) is 5.32 Å². The number of ketones is 1. The SMILES string of the molecule is CC(=O)Oc1c(C)c2c(O)c3c1C1=C(OCOC1=C(C)C3=O)C(C)=C[C@](C)(O)[C@H](O)[C@H](C)[C@H](O)[C@H]1C(=O)O[C@@H]([C@H](C)[C@@H]1O)[C@@](C)(O)C=CC=C(C)C(=O)N2. The molecule has 6 aliphatic heterocycles. The van der Waals surface area contributed by atoms with Crippen molar-refractivity contribution in [2.75, 3.05) is 12.1 Å². The number of Topliss-reactive ketones (excluding diaryl/α,β-unsaturated/α-hetero) is 1. The smallest absolute Gasteiger partial charge is 0.314 e. The largest absolute Gasteiger partial charge is 0.505 e. The fourth-order valence-corrected chi connectivity index (χ4v) is 7.59. The van der Waals surface area contributed by atoms with Crippen LogP contribution in [-0.4, -0.2) is 96.7 Å². The van der Waals surface area contributed by atoms with Gasteiger partial charge in [-0.3, -0.25) is 19.2 Å². The first-order valence-corrected chi connectivity index (χ1v) is 17.4. The summed E-state index contributed by atoms with van der Waals surface area (Å²) in [4.78, 5) is 53.3. The van der Waals surface area contributed by atoms with Crippen molar-refractivity contribution in [3.8, 4) is 11.5 Å². The molecule has 0 spiro atoms. The highest BCUT2D eigenvalue weighted by atomic mass is 16.7. The highest BCUT2D eigenvalue weighted by molar-refractivity contribution is 6.21. The number of nitrogens with one attached hydrogen (secondary N) is 1. The number of phenolic OH excluding ortho intramolecular Hbond substituents is 1. The molecule has 15 nitrogen and oxygen atoms in total. The maximum absolute atomic E-state index is 13.9. The van der Waals surface area contributed by atoms with Crippen LogP contribution in [0.25, 0.3) is 5.57 Å². The lowest BCUT2D eigenvalue weighted by Gasteiger charge is -2.45. The topological polar surface area (TPSA) is 239 Å². The summed E-state index contributed by atoms with van der Waals surface area (Å²) in [5, 5.41) is 71.6. The Balaban J connectivity index is 1.80. The minimum Gasteiger partial charge on any atom is -0.505 e. The molecule has 1 aromatic carbocycles. The Morgan fingerprint density at radius 1 is 0.907 bits per heavy atom. The molecule has 8 rings (SSSR count). The summed E-state index contributed by atoms with van der Waals surface area (Å²) in [5.74, 6) is -7.85. The minimum atomic E-state index is -2.15. The highest BCUT2D eigenvalue weighted by Gasteiger charge is 2.53. The number of hydrogen-bond donors (Lipinski definition) is 7. The predicted octanol–water partition coefficient (Wildman–Crippen LogP) is 2.61. The molecule has 6 heterocycles. The Kier molecular flexibility index (Phi) is 10.8. The number of aromatic hydroxyl groups is 1. The number of rotatable bonds is 1. The average Bonchev–Trinajstić information content (AvgIpc) is 3.09. The molecule has 15 heteroatoms. The number of carbonyl (C=O) groups is 4. The second kappa shape index (κ2) is 14.5. The molecule has 54 heavy (non-hydrogen) atoms. The van der Waals surface area contributed by atoms with Gasteiger partial charge in [-0.1, -0.05) is 26.0 Å². The van der Waals surface area contributed by atoms with Gasteiger partial charge in [0.05, 0.1) is 35.1 Å². The third kappa shape index (κ3) is 6.86. The van der Waals surface area contributed by atoms with Crippen molar-refractivity contribution in [2.45, 2.75) is 97.9 Å². The lowest BCUT2D eigenvalue weighted by molar-refractivity contribution is -0.211. The molecule has 1 aliphatic carbocycles. The van der Waals surface area contributed by atoms with Crippen molar-refractivity contribution in [1.82, 2.24) is 0 Å². The summed E-state index contributed by atoms with van der Waals surface area (Å²) in [6.45, 7) is 12.1. The zero-order chi connectivity index (χ0) is 40.4. The molecule has 0 radical (unpaired) electrons. The van der Waals surface area contributed by atoms with Gasteiger partial charge < -0.3 is 54.9 Å². The van der Waals surface area contributed by atoms with Gasteiger partial charge in [-0.2, -0.15) is 0 Å². The van der Waals surface area contributed by atoms with Gasteiger partial charge in [-0.15, -0.1) is 0 Å². The van der Waals surface area contributed by atoms with Gasteiger partial charge in [0, 0.05) is 41.0 Å². The molecule has 7 aliphatic rings. The first kappa shape index (κ1) is 40.4. The monoisotopic (exact) mass is 753 g/mol. The van der Waals surface area contributed by atoms with Crippen LogP contribution in [0.1, 0.15) is 76.9 Å². The van der Waals surface area contributed by atoms with Crippen LogP contribution in [0.2, 0.25) is 0 Å². The molecule has 9 atom stereocenters. The number of phenols is 1. The Hall–Kier alpha value is -4.80. The molecule has 1 amide bonds. The molecule has 1 fully saturated rings. The third-order valence-corrected chi connectivity index (χ3v) is 10.7. The second-order valence-electron chi connectivity index (χ2n) is 14.9. The highest BCUT2D eigenvalue weighted by Crippen LogP contribution is 2.53. The summed E-state index contributed by atoms with van der Waals surface area (Å²) in [6.07, 6.45) is -1.21. The Morgan fingerprint density at radius 3 is 2.15 bits per heavy atom. The summed E-state index contributed by atoms with van der Waals surface area (Å²) in [7, 11) is 0. The van der Waals surface area contributed by atoms with Crippen molar-refractivity contribution in [3.63, 3.8) is 0 Å². The van der Waals surface area contributed by atoms with Crippen molar-refractivity contribution < 1.29 is 68.8 Å². The molecular formula is C39H47NO14. The number of esters is 2. The summed E-state index contributed by atoms with van der Waals surface area (Å²) < 4.78 is 22.9. The zero-order valence-electron chi connectivity index (χ0n) is 31.5. The molecule has 6 bridgehead atoms. The fourth-order valence-electron chi connectivity index (χ4n) is 7.59. The number of aliphatic hydroxyl groups excluding tert-OH is 3. The van der Waals surface area contributed by atoms with Crippen LogP contribution in [0.3, 0.4) is 0 Å². The minimum absolute atomic E-state index is 0.0103. The van der Waals surface area contributed by atoms with Gasteiger partial charge in [0.2, 0.25) is 6.79 Å². The van der Waals surface area contributed by atoms with E-state index in [1.54, 1.807) is 0 Å².